The van der Waals surface area contributed by atoms with E-state index in [1.807, 2.05) is 30.3 Å². The summed E-state index contributed by atoms with van der Waals surface area (Å²) in [7, 11) is 0. The molecule has 22 heavy (non-hydrogen) atoms. The van der Waals surface area contributed by atoms with Crippen LogP contribution >= 0.6 is 34.8 Å². The Hall–Kier alpha value is -1.16. The molecule has 1 aromatic carbocycles. The standard InChI is InChI=1S/C16H15Cl3N2O/c17-5-6-21-10-12(19)9-20-16(15-2-1-7-22-15)13-4-3-11(18)8-14(13)21/h1-4,7-8,12H,5-6,9-10H2/b20-16+. The van der Waals surface area contributed by atoms with Gasteiger partial charge in [0.15, 0.2) is 5.76 Å². The molecule has 0 amide bonds. The van der Waals surface area contributed by atoms with Crippen molar-refractivity contribution < 1.29 is 4.42 Å². The number of anilines is 1. The minimum atomic E-state index is -0.0969. The number of halogens is 3. The zero-order valence-corrected chi connectivity index (χ0v) is 14.1. The molecule has 0 spiro atoms. The van der Waals surface area contributed by atoms with E-state index in [0.717, 1.165) is 22.7 Å². The van der Waals surface area contributed by atoms with Crippen molar-refractivity contribution in [3.05, 3.63) is 52.9 Å². The monoisotopic (exact) mass is 356 g/mol. The van der Waals surface area contributed by atoms with Gasteiger partial charge in [-0.3, -0.25) is 4.99 Å². The highest BCUT2D eigenvalue weighted by molar-refractivity contribution is 6.31. The number of benzene rings is 1. The van der Waals surface area contributed by atoms with E-state index in [1.54, 1.807) is 6.26 Å². The highest BCUT2D eigenvalue weighted by atomic mass is 35.5. The summed E-state index contributed by atoms with van der Waals surface area (Å²) in [5.41, 5.74) is 2.75. The Morgan fingerprint density at radius 3 is 2.91 bits per heavy atom. The van der Waals surface area contributed by atoms with E-state index in [1.165, 1.54) is 0 Å². The minimum absolute atomic E-state index is 0.0969. The van der Waals surface area contributed by atoms with Gasteiger partial charge in [-0.15, -0.1) is 23.2 Å². The van der Waals surface area contributed by atoms with Gasteiger partial charge in [-0.05, 0) is 30.3 Å². The third-order valence-electron chi connectivity index (χ3n) is 3.53. The van der Waals surface area contributed by atoms with E-state index in [2.05, 4.69) is 9.89 Å². The van der Waals surface area contributed by atoms with Crippen molar-refractivity contribution in [2.45, 2.75) is 5.38 Å². The van der Waals surface area contributed by atoms with Gasteiger partial charge in [0, 0.05) is 35.2 Å². The maximum absolute atomic E-state index is 6.40. The maximum atomic E-state index is 6.40. The molecule has 1 aliphatic heterocycles. The number of hydrogen-bond acceptors (Lipinski definition) is 3. The Morgan fingerprint density at radius 1 is 1.32 bits per heavy atom. The zero-order valence-electron chi connectivity index (χ0n) is 11.8. The second-order valence-electron chi connectivity index (χ2n) is 5.06. The molecule has 0 saturated carbocycles. The van der Waals surface area contributed by atoms with Gasteiger partial charge in [0.1, 0.15) is 5.71 Å². The molecule has 0 saturated heterocycles. The molecule has 6 heteroatoms. The molecule has 1 atom stereocenters. The normalized spacial score (nSPS) is 20.8. The molecule has 2 heterocycles. The fourth-order valence-electron chi connectivity index (χ4n) is 2.58. The molecule has 0 aliphatic carbocycles. The fourth-order valence-corrected chi connectivity index (χ4v) is 3.18. The predicted octanol–water partition coefficient (Wildman–Crippen LogP) is 4.44. The minimum Gasteiger partial charge on any atom is -0.463 e. The number of furan rings is 1. The predicted molar refractivity (Wildman–Crippen MR) is 93.2 cm³/mol. The molecule has 0 N–H and O–H groups in total. The lowest BCUT2D eigenvalue weighted by atomic mass is 10.0. The Bertz CT molecular complexity index is 670. The Labute approximate surface area is 144 Å². The van der Waals surface area contributed by atoms with Gasteiger partial charge in [0.2, 0.25) is 0 Å². The van der Waals surface area contributed by atoms with Crippen LogP contribution in [0.1, 0.15) is 11.3 Å². The smallest absolute Gasteiger partial charge is 0.152 e. The quantitative estimate of drug-likeness (QED) is 0.760. The van der Waals surface area contributed by atoms with Crippen molar-refractivity contribution in [1.82, 2.24) is 0 Å². The first-order chi connectivity index (χ1) is 10.7. The first kappa shape index (κ1) is 15.7. The Morgan fingerprint density at radius 2 is 2.18 bits per heavy atom. The summed E-state index contributed by atoms with van der Waals surface area (Å²) in [4.78, 5) is 6.82. The second-order valence-corrected chi connectivity index (χ2v) is 6.49. The van der Waals surface area contributed by atoms with Crippen molar-refractivity contribution >= 4 is 46.2 Å². The maximum Gasteiger partial charge on any atom is 0.152 e. The summed E-state index contributed by atoms with van der Waals surface area (Å²) in [5, 5.41) is 0.573. The lowest BCUT2D eigenvalue weighted by Crippen LogP contribution is -2.35. The van der Waals surface area contributed by atoms with Crippen LogP contribution in [-0.4, -0.2) is 36.6 Å². The highest BCUT2D eigenvalue weighted by Crippen LogP contribution is 2.30. The SMILES string of the molecule is ClCCN1CC(Cl)C/N=C(/c2ccco2)c2ccc(Cl)cc21. The molecular formula is C16H15Cl3N2O. The number of aliphatic imine (C=N–C) groups is 1. The molecule has 1 unspecified atom stereocenters. The van der Waals surface area contributed by atoms with Crippen molar-refractivity contribution in [1.29, 1.82) is 0 Å². The molecule has 3 rings (SSSR count). The molecular weight excluding hydrogens is 343 g/mol. The van der Waals surface area contributed by atoms with E-state index in [9.17, 15) is 0 Å². The van der Waals surface area contributed by atoms with Gasteiger partial charge >= 0.3 is 0 Å². The van der Waals surface area contributed by atoms with Gasteiger partial charge in [-0.2, -0.15) is 0 Å². The Balaban J connectivity index is 2.15. The van der Waals surface area contributed by atoms with Crippen LogP contribution in [0.4, 0.5) is 5.69 Å². The molecule has 0 bridgehead atoms. The van der Waals surface area contributed by atoms with Gasteiger partial charge in [-0.1, -0.05) is 11.6 Å². The first-order valence-corrected chi connectivity index (χ1v) is 8.37. The van der Waals surface area contributed by atoms with Gasteiger partial charge in [0.05, 0.1) is 18.2 Å². The topological polar surface area (TPSA) is 28.7 Å². The van der Waals surface area contributed by atoms with Crippen LogP contribution in [0, 0.1) is 0 Å². The molecule has 116 valence electrons. The van der Waals surface area contributed by atoms with E-state index >= 15 is 0 Å². The van der Waals surface area contributed by atoms with Gasteiger partial charge in [0.25, 0.3) is 0 Å². The first-order valence-electron chi connectivity index (χ1n) is 7.02. The second kappa shape index (κ2) is 6.95. The number of hydrogen-bond donors (Lipinski definition) is 0. The summed E-state index contributed by atoms with van der Waals surface area (Å²) in [6, 6.07) is 9.50. The van der Waals surface area contributed by atoms with Crippen molar-refractivity contribution in [3.63, 3.8) is 0 Å². The third kappa shape index (κ3) is 3.27. The van der Waals surface area contributed by atoms with E-state index in [0.29, 0.717) is 30.5 Å². The molecule has 2 aromatic rings. The van der Waals surface area contributed by atoms with Crippen LogP contribution in [0.5, 0.6) is 0 Å². The van der Waals surface area contributed by atoms with Crippen LogP contribution in [0.15, 0.2) is 46.0 Å². The molecule has 1 aromatic heterocycles. The number of rotatable bonds is 3. The highest BCUT2D eigenvalue weighted by Gasteiger charge is 2.23. The fraction of sp³-hybridized carbons (Fsp3) is 0.312. The van der Waals surface area contributed by atoms with Crippen molar-refractivity contribution in [2.24, 2.45) is 4.99 Å². The number of fused-ring (bicyclic) bond motifs is 1. The zero-order chi connectivity index (χ0) is 15.5. The largest absolute Gasteiger partial charge is 0.463 e. The molecule has 0 fully saturated rings. The van der Waals surface area contributed by atoms with E-state index in [-0.39, 0.29) is 5.38 Å². The summed E-state index contributed by atoms with van der Waals surface area (Å²) in [6.07, 6.45) is 1.64. The lowest BCUT2D eigenvalue weighted by molar-refractivity contribution is 0.557. The van der Waals surface area contributed by atoms with Gasteiger partial charge in [-0.25, -0.2) is 0 Å². The average molecular weight is 358 g/mol. The van der Waals surface area contributed by atoms with Crippen LogP contribution in [0.3, 0.4) is 0 Å². The lowest BCUT2D eigenvalue weighted by Gasteiger charge is -2.30. The van der Waals surface area contributed by atoms with E-state index in [4.69, 9.17) is 39.2 Å². The summed E-state index contributed by atoms with van der Waals surface area (Å²) in [5.74, 6) is 1.24. The van der Waals surface area contributed by atoms with Gasteiger partial charge < -0.3 is 9.32 Å². The summed E-state index contributed by atoms with van der Waals surface area (Å²) >= 11 is 18.5. The average Bonchev–Trinajstić information content (AvgIpc) is 3.01. The van der Waals surface area contributed by atoms with Crippen molar-refractivity contribution in [2.75, 3.05) is 30.4 Å². The molecule has 3 nitrogen and oxygen atoms in total. The van der Waals surface area contributed by atoms with E-state index < -0.39 is 0 Å². The van der Waals surface area contributed by atoms with Crippen molar-refractivity contribution in [3.8, 4) is 0 Å². The van der Waals surface area contributed by atoms with Crippen LogP contribution in [0.2, 0.25) is 5.02 Å². The Kier molecular flexibility index (Phi) is 4.97. The summed E-state index contributed by atoms with van der Waals surface area (Å²) in [6.45, 7) is 1.90. The third-order valence-corrected chi connectivity index (χ3v) is 4.21. The van der Waals surface area contributed by atoms with Crippen LogP contribution in [0.25, 0.3) is 0 Å². The number of nitrogens with zero attached hydrogens (tertiary/aromatic N) is 2. The molecule has 1 aliphatic rings. The molecule has 0 radical (unpaired) electrons. The summed E-state index contributed by atoms with van der Waals surface area (Å²) < 4.78 is 5.54. The van der Waals surface area contributed by atoms with Crippen LogP contribution < -0.4 is 4.90 Å². The number of alkyl halides is 2. The van der Waals surface area contributed by atoms with Crippen LogP contribution in [-0.2, 0) is 0 Å².